The van der Waals surface area contributed by atoms with Gasteiger partial charge in [0.15, 0.2) is 12.1 Å². The minimum Gasteiger partial charge on any atom is -0.392 e. The summed E-state index contributed by atoms with van der Waals surface area (Å²) in [7, 11) is 0. The minimum atomic E-state index is -0.512. The van der Waals surface area contributed by atoms with Crippen LogP contribution in [-0.4, -0.2) is 60.7 Å². The highest BCUT2D eigenvalue weighted by Crippen LogP contribution is 2.42. The van der Waals surface area contributed by atoms with Crippen molar-refractivity contribution in [2.24, 2.45) is 5.92 Å². The quantitative estimate of drug-likeness (QED) is 0.379. The van der Waals surface area contributed by atoms with E-state index in [0.717, 1.165) is 65.9 Å². The monoisotopic (exact) mass is 586 g/mol. The zero-order chi connectivity index (χ0) is 29.8. The molecule has 3 heterocycles. The molecule has 1 amide bonds. The second-order valence-electron chi connectivity index (χ2n) is 12.0. The van der Waals surface area contributed by atoms with Gasteiger partial charge in [0.05, 0.1) is 32.0 Å². The maximum Gasteiger partial charge on any atom is 0.217 e. The van der Waals surface area contributed by atoms with E-state index >= 15 is 0 Å². The lowest BCUT2D eigenvalue weighted by Crippen LogP contribution is -2.50. The first-order valence-electron chi connectivity index (χ1n) is 15.4. The molecule has 1 spiro atoms. The zero-order valence-corrected chi connectivity index (χ0v) is 25.0. The highest BCUT2D eigenvalue weighted by molar-refractivity contribution is 5.73. The number of benzene rings is 3. The number of aliphatic hydroxyl groups is 1. The first-order valence-corrected chi connectivity index (χ1v) is 15.4. The van der Waals surface area contributed by atoms with Crippen molar-refractivity contribution in [1.29, 1.82) is 0 Å². The van der Waals surface area contributed by atoms with E-state index in [1.54, 1.807) is 0 Å². The topological polar surface area (TPSA) is 89.5 Å². The average Bonchev–Trinajstić information content (AvgIpc) is 3.50. The van der Waals surface area contributed by atoms with Crippen molar-refractivity contribution >= 4 is 5.91 Å². The Morgan fingerprint density at radius 2 is 1.60 bits per heavy atom. The number of nitrogens with zero attached hydrogens (tertiary/aromatic N) is 1. The molecule has 43 heavy (non-hydrogen) atoms. The fourth-order valence-electron chi connectivity index (χ4n) is 6.36. The third kappa shape index (κ3) is 7.01. The average molecular weight is 587 g/mol. The van der Waals surface area contributed by atoms with Crippen molar-refractivity contribution in [3.8, 4) is 11.1 Å². The number of hydrogen-bond acceptors (Lipinski definition) is 7. The summed E-state index contributed by atoms with van der Waals surface area (Å²) in [6, 6.07) is 24.6. The largest absolute Gasteiger partial charge is 0.392 e. The van der Waals surface area contributed by atoms with E-state index in [1.807, 2.05) is 24.3 Å². The van der Waals surface area contributed by atoms with Gasteiger partial charge in [-0.2, -0.15) is 0 Å². The highest BCUT2D eigenvalue weighted by atomic mass is 16.7. The summed E-state index contributed by atoms with van der Waals surface area (Å²) < 4.78 is 25.3. The molecule has 0 aliphatic carbocycles. The number of carbonyl (C=O) groups excluding carboxylic acids is 1. The van der Waals surface area contributed by atoms with Gasteiger partial charge >= 0.3 is 0 Å². The Bertz CT molecular complexity index is 1360. The summed E-state index contributed by atoms with van der Waals surface area (Å²) in [5, 5.41) is 12.4. The van der Waals surface area contributed by atoms with Crippen LogP contribution >= 0.6 is 0 Å². The summed E-state index contributed by atoms with van der Waals surface area (Å²) in [6.07, 6.45) is 1.04. The molecule has 228 valence electrons. The number of aliphatic hydroxyl groups excluding tert-OH is 1. The van der Waals surface area contributed by atoms with Crippen LogP contribution in [0.4, 0.5) is 0 Å². The van der Waals surface area contributed by atoms with Crippen molar-refractivity contribution in [2.45, 2.75) is 64.1 Å². The van der Waals surface area contributed by atoms with E-state index in [-0.39, 0.29) is 30.6 Å². The second kappa shape index (κ2) is 13.3. The maximum absolute atomic E-state index is 11.4. The van der Waals surface area contributed by atoms with E-state index in [4.69, 9.17) is 18.9 Å². The predicted molar refractivity (Wildman–Crippen MR) is 163 cm³/mol. The molecule has 3 saturated heterocycles. The summed E-state index contributed by atoms with van der Waals surface area (Å²) in [5.74, 6) is -0.320. The lowest BCUT2D eigenvalue weighted by atomic mass is 9.89. The van der Waals surface area contributed by atoms with Crippen LogP contribution in [0, 0.1) is 5.92 Å². The SMILES string of the molecule is CC(=O)NCc1cccc(-c2ccc(C3OC(CN4CCC5(CC4)OCCO5)C(C)C(c4ccc(CO)cc4)O3)cc2)c1. The van der Waals surface area contributed by atoms with Crippen molar-refractivity contribution in [3.63, 3.8) is 0 Å². The van der Waals surface area contributed by atoms with Crippen LogP contribution in [0.2, 0.25) is 0 Å². The van der Waals surface area contributed by atoms with E-state index in [0.29, 0.717) is 19.8 Å². The highest BCUT2D eigenvalue weighted by Gasteiger charge is 2.43. The number of nitrogens with one attached hydrogen (secondary N) is 1. The molecule has 3 aromatic rings. The Balaban J connectivity index is 1.20. The molecule has 3 aromatic carbocycles. The van der Waals surface area contributed by atoms with Crippen LogP contribution in [0.15, 0.2) is 72.8 Å². The lowest BCUT2D eigenvalue weighted by molar-refractivity contribution is -0.278. The van der Waals surface area contributed by atoms with Crippen LogP contribution in [0.3, 0.4) is 0 Å². The molecule has 4 unspecified atom stereocenters. The van der Waals surface area contributed by atoms with Gasteiger partial charge in [-0.25, -0.2) is 0 Å². The van der Waals surface area contributed by atoms with Crippen molar-refractivity contribution in [3.05, 3.63) is 95.1 Å². The molecule has 0 saturated carbocycles. The molecule has 3 aliphatic rings. The zero-order valence-electron chi connectivity index (χ0n) is 25.0. The third-order valence-corrected chi connectivity index (χ3v) is 8.98. The van der Waals surface area contributed by atoms with Crippen LogP contribution in [0.5, 0.6) is 0 Å². The molecule has 3 aliphatic heterocycles. The Morgan fingerprint density at radius 1 is 0.907 bits per heavy atom. The van der Waals surface area contributed by atoms with Crippen LogP contribution < -0.4 is 5.32 Å². The molecule has 0 bridgehead atoms. The maximum atomic E-state index is 11.4. The Labute approximate surface area is 253 Å². The van der Waals surface area contributed by atoms with Crippen LogP contribution in [0.25, 0.3) is 11.1 Å². The number of likely N-dealkylation sites (tertiary alicyclic amines) is 1. The van der Waals surface area contributed by atoms with Crippen LogP contribution in [-0.2, 0) is 36.9 Å². The van der Waals surface area contributed by atoms with E-state index in [1.165, 1.54) is 6.92 Å². The fourth-order valence-corrected chi connectivity index (χ4v) is 6.36. The predicted octanol–water partition coefficient (Wildman–Crippen LogP) is 5.11. The number of rotatable bonds is 8. The molecular formula is C35H42N2O6. The Morgan fingerprint density at radius 3 is 2.28 bits per heavy atom. The van der Waals surface area contributed by atoms with Gasteiger partial charge in [-0.1, -0.05) is 73.7 Å². The summed E-state index contributed by atoms with van der Waals surface area (Å²) in [5.41, 5.74) is 6.16. The molecule has 3 fully saturated rings. The molecule has 0 radical (unpaired) electrons. The number of carbonyl (C=O) groups is 1. The second-order valence-corrected chi connectivity index (χ2v) is 12.0. The van der Waals surface area contributed by atoms with E-state index < -0.39 is 12.1 Å². The van der Waals surface area contributed by atoms with Gasteiger partial charge in [-0.15, -0.1) is 0 Å². The summed E-state index contributed by atoms with van der Waals surface area (Å²) >= 11 is 0. The lowest BCUT2D eigenvalue weighted by Gasteiger charge is -2.44. The van der Waals surface area contributed by atoms with Crippen molar-refractivity contribution in [1.82, 2.24) is 10.2 Å². The first kappa shape index (κ1) is 29.9. The molecule has 8 nitrogen and oxygen atoms in total. The van der Waals surface area contributed by atoms with Gasteiger partial charge in [-0.05, 0) is 33.9 Å². The minimum absolute atomic E-state index is 0.0160. The van der Waals surface area contributed by atoms with Crippen LogP contribution in [0.1, 0.15) is 61.3 Å². The molecule has 4 atom stereocenters. The Kier molecular flexibility index (Phi) is 9.23. The standard InChI is InChI=1S/C35H42N2O6/c1-24-32(22-37-16-14-35(15-17-37)40-18-19-41-35)42-34(43-33(24)29-8-6-26(23-38)7-9-29)30-12-10-28(11-13-30)31-5-3-4-27(20-31)21-36-25(2)39/h3-13,20,24,32-34,38H,14-19,21-23H2,1-2H3,(H,36,39). The van der Waals surface area contributed by atoms with E-state index in [2.05, 4.69) is 65.7 Å². The third-order valence-electron chi connectivity index (χ3n) is 8.98. The smallest absolute Gasteiger partial charge is 0.217 e. The fraction of sp³-hybridized carbons (Fsp3) is 0.457. The Hall–Kier alpha value is -3.11. The number of ether oxygens (including phenoxy) is 4. The summed E-state index contributed by atoms with van der Waals surface area (Å²) in [4.78, 5) is 13.8. The van der Waals surface area contributed by atoms with Gasteiger partial charge in [0.2, 0.25) is 5.91 Å². The van der Waals surface area contributed by atoms with E-state index in [9.17, 15) is 9.90 Å². The van der Waals surface area contributed by atoms with Gasteiger partial charge < -0.3 is 34.3 Å². The number of piperidine rings is 1. The molecule has 6 rings (SSSR count). The van der Waals surface area contributed by atoms with Gasteiger partial charge in [-0.3, -0.25) is 4.79 Å². The van der Waals surface area contributed by atoms with Gasteiger partial charge in [0.1, 0.15) is 0 Å². The summed E-state index contributed by atoms with van der Waals surface area (Å²) in [6.45, 7) is 8.23. The van der Waals surface area contributed by atoms with Crippen molar-refractivity contribution in [2.75, 3.05) is 32.8 Å². The van der Waals surface area contributed by atoms with Gasteiger partial charge in [0.25, 0.3) is 0 Å². The normalized spacial score (nSPS) is 25.6. The molecule has 2 N–H and O–H groups in total. The van der Waals surface area contributed by atoms with Crippen molar-refractivity contribution < 1.29 is 28.8 Å². The number of hydrogen-bond donors (Lipinski definition) is 2. The first-order chi connectivity index (χ1) is 20.9. The van der Waals surface area contributed by atoms with Gasteiger partial charge in [0, 0.05) is 57.4 Å². The number of amides is 1. The molecule has 8 heteroatoms. The molecule has 0 aromatic heterocycles. The molecular weight excluding hydrogens is 544 g/mol.